The second-order valence-corrected chi connectivity index (χ2v) is 5.53. The molecule has 0 aromatic heterocycles. The van der Waals surface area contributed by atoms with E-state index in [9.17, 15) is 4.79 Å². The molecule has 2 heterocycles. The van der Waals surface area contributed by atoms with Crippen LogP contribution in [-0.2, 0) is 17.6 Å². The molecule has 1 aromatic carbocycles. The lowest BCUT2D eigenvalue weighted by Crippen LogP contribution is -2.33. The molecule has 0 bridgehead atoms. The molecule has 0 saturated heterocycles. The number of carbonyl (C=O) groups excluding carboxylic acids is 1. The monoisotopic (exact) mass is 231 g/mol. The first kappa shape index (κ1) is 10.6. The lowest BCUT2D eigenvalue weighted by molar-refractivity contribution is -0.116. The fourth-order valence-corrected chi connectivity index (χ4v) is 2.53. The van der Waals surface area contributed by atoms with E-state index in [-0.39, 0.29) is 11.5 Å². The van der Waals surface area contributed by atoms with E-state index in [4.69, 9.17) is 4.74 Å². The molecule has 3 rings (SSSR count). The topological polar surface area (TPSA) is 38.3 Å². The maximum absolute atomic E-state index is 11.4. The molecule has 17 heavy (non-hydrogen) atoms. The van der Waals surface area contributed by atoms with Crippen LogP contribution in [0.3, 0.4) is 0 Å². The number of benzene rings is 1. The van der Waals surface area contributed by atoms with Gasteiger partial charge in [-0.05, 0) is 56.4 Å². The van der Waals surface area contributed by atoms with Gasteiger partial charge in [0.1, 0.15) is 11.4 Å². The predicted octanol–water partition coefficient (Wildman–Crippen LogP) is 2.67. The predicted molar refractivity (Wildman–Crippen MR) is 66.4 cm³/mol. The van der Waals surface area contributed by atoms with Crippen LogP contribution < -0.4 is 10.1 Å². The largest absolute Gasteiger partial charge is 0.488 e. The SMILES string of the molecule is CC1(C)CCc2cc3c(cc2O1)CCC(=O)N3. The molecule has 1 aromatic rings. The van der Waals surface area contributed by atoms with Crippen molar-refractivity contribution in [1.82, 2.24) is 0 Å². The number of aryl methyl sites for hydroxylation is 2. The molecule has 1 N–H and O–H groups in total. The van der Waals surface area contributed by atoms with Gasteiger partial charge in [0.2, 0.25) is 5.91 Å². The Morgan fingerprint density at radius 2 is 2.00 bits per heavy atom. The molecule has 2 aliphatic heterocycles. The van der Waals surface area contributed by atoms with Crippen LogP contribution in [0.4, 0.5) is 5.69 Å². The third-order valence-corrected chi connectivity index (χ3v) is 3.56. The number of carbonyl (C=O) groups is 1. The summed E-state index contributed by atoms with van der Waals surface area (Å²) in [6, 6.07) is 4.18. The van der Waals surface area contributed by atoms with E-state index in [0.29, 0.717) is 6.42 Å². The zero-order valence-corrected chi connectivity index (χ0v) is 10.3. The first-order valence-electron chi connectivity index (χ1n) is 6.18. The maximum Gasteiger partial charge on any atom is 0.224 e. The van der Waals surface area contributed by atoms with Crippen molar-refractivity contribution < 1.29 is 9.53 Å². The van der Waals surface area contributed by atoms with Crippen LogP contribution in [0.2, 0.25) is 0 Å². The summed E-state index contributed by atoms with van der Waals surface area (Å²) in [6.07, 6.45) is 3.44. The van der Waals surface area contributed by atoms with Gasteiger partial charge in [-0.3, -0.25) is 4.79 Å². The second-order valence-electron chi connectivity index (χ2n) is 5.53. The summed E-state index contributed by atoms with van der Waals surface area (Å²) in [6.45, 7) is 4.24. The number of anilines is 1. The highest BCUT2D eigenvalue weighted by molar-refractivity contribution is 5.94. The lowest BCUT2D eigenvalue weighted by Gasteiger charge is -2.33. The summed E-state index contributed by atoms with van der Waals surface area (Å²) in [5, 5.41) is 2.94. The Kier molecular flexibility index (Phi) is 2.18. The zero-order valence-electron chi connectivity index (χ0n) is 10.3. The molecule has 1 amide bonds. The zero-order chi connectivity index (χ0) is 12.0. The number of hydrogen-bond donors (Lipinski definition) is 1. The van der Waals surface area contributed by atoms with Gasteiger partial charge in [0.15, 0.2) is 0 Å². The Morgan fingerprint density at radius 3 is 2.82 bits per heavy atom. The van der Waals surface area contributed by atoms with Crippen molar-refractivity contribution in [3.63, 3.8) is 0 Å². The molecular formula is C14H17NO2. The van der Waals surface area contributed by atoms with Gasteiger partial charge in [-0.25, -0.2) is 0 Å². The smallest absolute Gasteiger partial charge is 0.224 e. The average Bonchev–Trinajstić information content (AvgIpc) is 2.26. The Balaban J connectivity index is 2.01. The van der Waals surface area contributed by atoms with E-state index in [1.54, 1.807) is 0 Å². The number of ether oxygens (including phenoxy) is 1. The molecule has 0 fully saturated rings. The van der Waals surface area contributed by atoms with Crippen molar-refractivity contribution >= 4 is 11.6 Å². The van der Waals surface area contributed by atoms with Gasteiger partial charge in [-0.1, -0.05) is 0 Å². The minimum absolute atomic E-state index is 0.0703. The van der Waals surface area contributed by atoms with E-state index in [2.05, 4.69) is 31.3 Å². The molecule has 3 nitrogen and oxygen atoms in total. The van der Waals surface area contributed by atoms with Gasteiger partial charge in [0.05, 0.1) is 0 Å². The minimum atomic E-state index is -0.0703. The molecule has 0 atom stereocenters. The van der Waals surface area contributed by atoms with Gasteiger partial charge < -0.3 is 10.1 Å². The Labute approximate surface area is 101 Å². The third kappa shape index (κ3) is 1.90. The number of nitrogens with one attached hydrogen (secondary N) is 1. The highest BCUT2D eigenvalue weighted by Gasteiger charge is 2.28. The van der Waals surface area contributed by atoms with Gasteiger partial charge >= 0.3 is 0 Å². The van der Waals surface area contributed by atoms with Crippen LogP contribution in [-0.4, -0.2) is 11.5 Å². The van der Waals surface area contributed by atoms with Gasteiger partial charge in [-0.15, -0.1) is 0 Å². The summed E-state index contributed by atoms with van der Waals surface area (Å²) in [5.74, 6) is 1.12. The highest BCUT2D eigenvalue weighted by atomic mass is 16.5. The molecule has 0 aliphatic carbocycles. The molecule has 0 spiro atoms. The summed E-state index contributed by atoms with van der Waals surface area (Å²) in [7, 11) is 0. The quantitative estimate of drug-likeness (QED) is 0.745. The van der Waals surface area contributed by atoms with Crippen molar-refractivity contribution in [1.29, 1.82) is 0 Å². The summed E-state index contributed by atoms with van der Waals surface area (Å²) in [4.78, 5) is 11.4. The second kappa shape index (κ2) is 3.49. The fraction of sp³-hybridized carbons (Fsp3) is 0.500. The Bertz CT molecular complexity index is 491. The number of fused-ring (bicyclic) bond motifs is 2. The van der Waals surface area contributed by atoms with Crippen LogP contribution in [0, 0.1) is 0 Å². The molecule has 0 radical (unpaired) electrons. The van der Waals surface area contributed by atoms with E-state index in [1.165, 1.54) is 11.1 Å². The standard InChI is InChI=1S/C14H17NO2/c1-14(2)6-5-10-7-11-9(8-12(10)17-14)3-4-13(16)15-11/h7-8H,3-6H2,1-2H3,(H,15,16). The van der Waals surface area contributed by atoms with Gasteiger partial charge in [-0.2, -0.15) is 0 Å². The van der Waals surface area contributed by atoms with Gasteiger partial charge in [0.25, 0.3) is 0 Å². The van der Waals surface area contributed by atoms with Crippen LogP contribution >= 0.6 is 0 Å². The summed E-state index contributed by atoms with van der Waals surface area (Å²) >= 11 is 0. The van der Waals surface area contributed by atoms with Crippen molar-refractivity contribution in [2.24, 2.45) is 0 Å². The molecular weight excluding hydrogens is 214 g/mol. The van der Waals surface area contributed by atoms with Crippen molar-refractivity contribution in [2.75, 3.05) is 5.32 Å². The average molecular weight is 231 g/mol. The van der Waals surface area contributed by atoms with E-state index in [1.807, 2.05) is 0 Å². The molecule has 3 heteroatoms. The van der Waals surface area contributed by atoms with E-state index >= 15 is 0 Å². The molecule has 2 aliphatic rings. The number of amides is 1. The van der Waals surface area contributed by atoms with Gasteiger partial charge in [0, 0.05) is 12.1 Å². The molecule has 0 unspecified atom stereocenters. The van der Waals surface area contributed by atoms with Crippen LogP contribution in [0.5, 0.6) is 5.75 Å². The Hall–Kier alpha value is -1.51. The van der Waals surface area contributed by atoms with Crippen LogP contribution in [0.25, 0.3) is 0 Å². The maximum atomic E-state index is 11.4. The van der Waals surface area contributed by atoms with Crippen molar-refractivity contribution in [3.8, 4) is 5.75 Å². The lowest BCUT2D eigenvalue weighted by atomic mass is 9.91. The van der Waals surface area contributed by atoms with E-state index in [0.717, 1.165) is 30.7 Å². The normalized spacial score (nSPS) is 20.9. The third-order valence-electron chi connectivity index (χ3n) is 3.56. The summed E-state index contributed by atoms with van der Waals surface area (Å²) < 4.78 is 6.00. The number of hydrogen-bond acceptors (Lipinski definition) is 2. The van der Waals surface area contributed by atoms with Crippen molar-refractivity contribution in [2.45, 2.75) is 45.1 Å². The van der Waals surface area contributed by atoms with Crippen LogP contribution in [0.15, 0.2) is 12.1 Å². The summed E-state index contributed by atoms with van der Waals surface area (Å²) in [5.41, 5.74) is 3.31. The fourth-order valence-electron chi connectivity index (χ4n) is 2.53. The molecule has 90 valence electrons. The number of rotatable bonds is 0. The first-order valence-corrected chi connectivity index (χ1v) is 6.18. The van der Waals surface area contributed by atoms with Crippen LogP contribution in [0.1, 0.15) is 37.8 Å². The minimum Gasteiger partial charge on any atom is -0.488 e. The first-order chi connectivity index (χ1) is 8.03. The Morgan fingerprint density at radius 1 is 1.18 bits per heavy atom. The highest BCUT2D eigenvalue weighted by Crippen LogP contribution is 2.37. The molecule has 0 saturated carbocycles. The van der Waals surface area contributed by atoms with Crippen molar-refractivity contribution in [3.05, 3.63) is 23.3 Å². The van der Waals surface area contributed by atoms with E-state index < -0.39 is 0 Å².